The average molecular weight is 521 g/mol. The summed E-state index contributed by atoms with van der Waals surface area (Å²) < 4.78 is 27.1. The number of oxazole rings is 1. The molecule has 0 aliphatic carbocycles. The lowest BCUT2D eigenvalue weighted by molar-refractivity contribution is 0.0223. The van der Waals surface area contributed by atoms with Crippen LogP contribution in [0.1, 0.15) is 51.9 Å². The Morgan fingerprint density at radius 2 is 1.97 bits per heavy atom. The molecule has 1 aromatic carbocycles. The van der Waals surface area contributed by atoms with E-state index in [1.165, 1.54) is 4.57 Å². The fourth-order valence-corrected chi connectivity index (χ4v) is 4.38. The van der Waals surface area contributed by atoms with Gasteiger partial charge in [0.1, 0.15) is 17.1 Å². The Labute approximate surface area is 218 Å². The van der Waals surface area contributed by atoms with Crippen LogP contribution in [0.4, 0.5) is 21.0 Å². The van der Waals surface area contributed by atoms with Crippen molar-refractivity contribution in [3.8, 4) is 11.3 Å². The molecule has 1 amide bonds. The van der Waals surface area contributed by atoms with Crippen LogP contribution in [0.5, 0.6) is 0 Å². The zero-order valence-corrected chi connectivity index (χ0v) is 21.9. The number of hydrogen-bond donors (Lipinski definition) is 1. The lowest BCUT2D eigenvalue weighted by Gasteiger charge is -2.30. The summed E-state index contributed by atoms with van der Waals surface area (Å²) in [5.74, 6) is -0.387. The quantitative estimate of drug-likeness (QED) is 0.390. The number of carbonyl (C=O) groups excluding carboxylic acids is 1. The highest BCUT2D eigenvalue weighted by atomic mass is 19.1. The summed E-state index contributed by atoms with van der Waals surface area (Å²) in [6.45, 7) is 10.2. The van der Waals surface area contributed by atoms with E-state index in [2.05, 4.69) is 20.3 Å². The van der Waals surface area contributed by atoms with Gasteiger partial charge in [-0.1, -0.05) is 6.07 Å². The Morgan fingerprint density at radius 1 is 1.18 bits per heavy atom. The molecule has 5 rings (SSSR count). The topological polar surface area (TPSA) is 115 Å². The summed E-state index contributed by atoms with van der Waals surface area (Å²) >= 11 is 0. The number of pyridine rings is 1. The second-order valence-electron chi connectivity index (χ2n) is 10.5. The minimum atomic E-state index is -0.600. The monoisotopic (exact) mass is 520 g/mol. The predicted molar refractivity (Wildman–Crippen MR) is 140 cm³/mol. The second kappa shape index (κ2) is 9.55. The van der Waals surface area contributed by atoms with Crippen molar-refractivity contribution in [2.45, 2.75) is 59.2 Å². The van der Waals surface area contributed by atoms with E-state index < -0.39 is 17.2 Å². The first-order valence-electron chi connectivity index (χ1n) is 12.4. The molecule has 198 valence electrons. The van der Waals surface area contributed by atoms with Gasteiger partial charge in [0.2, 0.25) is 5.95 Å². The summed E-state index contributed by atoms with van der Waals surface area (Å²) in [6.07, 6.45) is 1.32. The molecular weight excluding hydrogens is 491 g/mol. The third kappa shape index (κ3) is 5.09. The lowest BCUT2D eigenvalue weighted by atomic mass is 10.1. The minimum Gasteiger partial charge on any atom is -0.444 e. The van der Waals surface area contributed by atoms with Gasteiger partial charge in [-0.15, -0.1) is 0 Å². The van der Waals surface area contributed by atoms with Crippen LogP contribution >= 0.6 is 0 Å². The van der Waals surface area contributed by atoms with E-state index in [0.29, 0.717) is 42.0 Å². The first kappa shape index (κ1) is 25.4. The Balaban J connectivity index is 1.38. The third-order valence-corrected chi connectivity index (χ3v) is 6.09. The van der Waals surface area contributed by atoms with Gasteiger partial charge < -0.3 is 19.4 Å². The van der Waals surface area contributed by atoms with E-state index in [-0.39, 0.29) is 23.8 Å². The van der Waals surface area contributed by atoms with Crippen molar-refractivity contribution in [1.29, 1.82) is 0 Å². The zero-order chi connectivity index (χ0) is 27.2. The normalized spacial score (nSPS) is 13.6. The number of aromatic nitrogens is 4. The molecule has 0 unspecified atom stereocenters. The van der Waals surface area contributed by atoms with Gasteiger partial charge in [0, 0.05) is 30.3 Å². The Kier molecular flexibility index (Phi) is 6.38. The Morgan fingerprint density at radius 3 is 2.71 bits per heavy atom. The molecule has 4 aromatic rings. The van der Waals surface area contributed by atoms with Crippen LogP contribution in [0, 0.1) is 5.82 Å². The fourth-order valence-electron chi connectivity index (χ4n) is 4.38. The van der Waals surface area contributed by atoms with Crippen LogP contribution in [0.15, 0.2) is 45.7 Å². The van der Waals surface area contributed by atoms with Gasteiger partial charge in [-0.2, -0.15) is 0 Å². The highest BCUT2D eigenvalue weighted by Gasteiger charge is 2.26. The van der Waals surface area contributed by atoms with Crippen LogP contribution in [0.25, 0.3) is 22.4 Å². The largest absolute Gasteiger partial charge is 0.444 e. The highest BCUT2D eigenvalue weighted by Crippen LogP contribution is 2.28. The van der Waals surface area contributed by atoms with Crippen molar-refractivity contribution in [2.24, 2.45) is 0 Å². The van der Waals surface area contributed by atoms with Crippen molar-refractivity contribution in [3.63, 3.8) is 0 Å². The van der Waals surface area contributed by atoms with Crippen molar-refractivity contribution >= 4 is 29.0 Å². The number of carbonyl (C=O) groups is 1. The maximum absolute atomic E-state index is 14.8. The van der Waals surface area contributed by atoms with Crippen LogP contribution in [-0.4, -0.2) is 42.7 Å². The molecule has 3 aromatic heterocycles. The first-order valence-corrected chi connectivity index (χ1v) is 12.4. The van der Waals surface area contributed by atoms with Gasteiger partial charge >= 0.3 is 11.8 Å². The maximum Gasteiger partial charge on any atom is 0.420 e. The number of anilines is 2. The molecule has 0 atom stereocenters. The molecule has 11 heteroatoms. The second-order valence-corrected chi connectivity index (χ2v) is 10.5. The fraction of sp³-hybridized carbons (Fsp3) is 0.370. The van der Waals surface area contributed by atoms with Crippen LogP contribution in [0.2, 0.25) is 0 Å². The smallest absolute Gasteiger partial charge is 0.420 e. The molecule has 10 nitrogen and oxygen atoms in total. The molecule has 0 radical (unpaired) electrons. The van der Waals surface area contributed by atoms with Gasteiger partial charge in [-0.3, -0.25) is 4.57 Å². The number of amides is 1. The van der Waals surface area contributed by atoms with Crippen LogP contribution in [0.3, 0.4) is 0 Å². The van der Waals surface area contributed by atoms with E-state index in [9.17, 15) is 14.0 Å². The number of fused-ring (bicyclic) bond motifs is 2. The predicted octanol–water partition coefficient (Wildman–Crippen LogP) is 5.20. The highest BCUT2D eigenvalue weighted by molar-refractivity contribution is 5.80. The number of halogens is 1. The number of hydrogen-bond acceptors (Lipinski definition) is 8. The minimum absolute atomic E-state index is 0.0827. The number of benzene rings is 1. The van der Waals surface area contributed by atoms with Gasteiger partial charge in [0.05, 0.1) is 18.3 Å². The first-order chi connectivity index (χ1) is 18.0. The molecule has 38 heavy (non-hydrogen) atoms. The molecular formula is C27H29FN6O4. The molecule has 0 saturated carbocycles. The van der Waals surface area contributed by atoms with Gasteiger partial charge in [0.25, 0.3) is 0 Å². The van der Waals surface area contributed by atoms with Crippen molar-refractivity contribution < 1.29 is 18.3 Å². The average Bonchev–Trinajstić information content (AvgIpc) is 3.19. The molecule has 0 saturated heterocycles. The third-order valence-electron chi connectivity index (χ3n) is 6.09. The van der Waals surface area contributed by atoms with E-state index in [4.69, 9.17) is 9.15 Å². The van der Waals surface area contributed by atoms with E-state index in [1.54, 1.807) is 29.2 Å². The number of rotatable bonds is 4. The molecule has 1 aliphatic heterocycles. The summed E-state index contributed by atoms with van der Waals surface area (Å²) in [6, 6.07) is 8.50. The Bertz CT molecular complexity index is 1590. The van der Waals surface area contributed by atoms with Gasteiger partial charge in [0.15, 0.2) is 11.4 Å². The molecule has 1 aliphatic rings. The Hall–Kier alpha value is -4.28. The zero-order valence-electron chi connectivity index (χ0n) is 21.9. The number of nitrogens with one attached hydrogen (secondary N) is 1. The molecule has 4 heterocycles. The summed E-state index contributed by atoms with van der Waals surface area (Å²) in [7, 11) is 0. The van der Waals surface area contributed by atoms with Crippen molar-refractivity contribution in [3.05, 3.63) is 64.2 Å². The van der Waals surface area contributed by atoms with Crippen LogP contribution in [-0.2, 0) is 17.7 Å². The molecule has 0 bridgehead atoms. The molecule has 0 fully saturated rings. The van der Waals surface area contributed by atoms with Gasteiger partial charge in [-0.25, -0.2) is 28.9 Å². The van der Waals surface area contributed by atoms with Gasteiger partial charge in [-0.05, 0) is 64.4 Å². The lowest BCUT2D eigenvalue weighted by Crippen LogP contribution is -2.40. The van der Waals surface area contributed by atoms with E-state index in [1.807, 2.05) is 40.7 Å². The van der Waals surface area contributed by atoms with E-state index in [0.717, 1.165) is 17.5 Å². The van der Waals surface area contributed by atoms with Crippen molar-refractivity contribution in [2.75, 3.05) is 11.9 Å². The number of nitrogens with zero attached hydrogens (tertiary/aromatic N) is 5. The van der Waals surface area contributed by atoms with Crippen molar-refractivity contribution in [1.82, 2.24) is 24.4 Å². The molecule has 1 N–H and O–H groups in total. The molecule has 0 spiro atoms. The maximum atomic E-state index is 14.8. The summed E-state index contributed by atoms with van der Waals surface area (Å²) in [5, 5.41) is 3.05. The van der Waals surface area contributed by atoms with E-state index >= 15 is 0 Å². The SMILES string of the molecule is CC(C)n1c(=O)oc2ccc(-c3nc(Nc4ccc5c(n4)CCN(C(=O)OC(C)(C)C)C5)ncc3F)cc21. The number of ether oxygens (including phenoxy) is 1. The summed E-state index contributed by atoms with van der Waals surface area (Å²) in [5.41, 5.74) is 2.77. The standard InChI is InChI=1S/C27H29FN6O4/c1-15(2)34-20-12-16(6-8-21(20)37-26(34)36)23-18(28)13-29-24(32-23)31-22-9-7-17-14-33(11-10-19(17)30-22)25(35)38-27(3,4)5/h6-9,12-13,15H,10-11,14H2,1-5H3,(H,29,30,31,32). The summed E-state index contributed by atoms with van der Waals surface area (Å²) in [4.78, 5) is 39.4. The van der Waals surface area contributed by atoms with Crippen LogP contribution < -0.4 is 11.1 Å².